The average molecular weight is 358 g/mol. The lowest BCUT2D eigenvalue weighted by molar-refractivity contribution is 0.317. The van der Waals surface area contributed by atoms with E-state index in [1.54, 1.807) is 44.6 Å². The van der Waals surface area contributed by atoms with Crippen LogP contribution in [0.4, 0.5) is 0 Å². The van der Waals surface area contributed by atoms with Crippen LogP contribution in [0.1, 0.15) is 24.5 Å². The molecule has 0 saturated carbocycles. The maximum atomic E-state index is 9.60. The summed E-state index contributed by atoms with van der Waals surface area (Å²) >= 11 is 6.11. The van der Waals surface area contributed by atoms with Crippen LogP contribution in [0.3, 0.4) is 0 Å². The Morgan fingerprint density at radius 1 is 1.08 bits per heavy atom. The summed E-state index contributed by atoms with van der Waals surface area (Å²) in [6, 6.07) is 12.9. The molecule has 2 aromatic rings. The van der Waals surface area contributed by atoms with Gasteiger partial charge in [0, 0.05) is 10.6 Å². The van der Waals surface area contributed by atoms with E-state index in [1.165, 1.54) is 0 Å². The molecule has 0 unspecified atom stereocenters. The third-order valence-corrected chi connectivity index (χ3v) is 3.78. The van der Waals surface area contributed by atoms with Crippen LogP contribution >= 0.6 is 11.6 Å². The highest BCUT2D eigenvalue weighted by Gasteiger charge is 2.10. The highest BCUT2D eigenvalue weighted by molar-refractivity contribution is 6.30. The Balaban J connectivity index is 2.47. The number of rotatable bonds is 7. The number of benzene rings is 2. The lowest BCUT2D eigenvalue weighted by Crippen LogP contribution is -1.97. The van der Waals surface area contributed by atoms with Crippen LogP contribution in [-0.4, -0.2) is 20.8 Å². The summed E-state index contributed by atoms with van der Waals surface area (Å²) in [5.41, 5.74) is 1.96. The zero-order valence-corrected chi connectivity index (χ0v) is 15.3. The molecule has 0 heterocycles. The van der Waals surface area contributed by atoms with Crippen molar-refractivity contribution in [2.24, 2.45) is 0 Å². The fraction of sp³-hybridized carbons (Fsp3) is 0.250. The molecule has 0 N–H and O–H groups in total. The van der Waals surface area contributed by atoms with Crippen LogP contribution in [0.15, 0.2) is 36.4 Å². The van der Waals surface area contributed by atoms with Crippen molar-refractivity contribution in [3.8, 4) is 23.3 Å². The summed E-state index contributed by atoms with van der Waals surface area (Å²) in [5, 5.41) is 10.2. The van der Waals surface area contributed by atoms with Crippen molar-refractivity contribution >= 4 is 23.3 Å². The Labute approximate surface area is 153 Å². The largest absolute Gasteiger partial charge is 0.493 e. The van der Waals surface area contributed by atoms with E-state index in [-0.39, 0.29) is 0 Å². The van der Waals surface area contributed by atoms with Gasteiger partial charge < -0.3 is 14.2 Å². The Morgan fingerprint density at radius 3 is 2.44 bits per heavy atom. The summed E-state index contributed by atoms with van der Waals surface area (Å²) < 4.78 is 16.3. The molecule has 2 rings (SSSR count). The maximum absolute atomic E-state index is 9.60. The summed E-state index contributed by atoms with van der Waals surface area (Å²) in [7, 11) is 3.13. The van der Waals surface area contributed by atoms with E-state index in [2.05, 4.69) is 6.07 Å². The van der Waals surface area contributed by atoms with Gasteiger partial charge in [-0.15, -0.1) is 0 Å². The smallest absolute Gasteiger partial charge is 0.161 e. The standard InChI is InChI=1S/C20H20ClNO3/c1-4-9-25-18-8-6-17(21)11-15(18)10-16(13-22)14-5-7-19(23-2)20(12-14)24-3/h5-8,10-12H,4,9H2,1-3H3/b16-10+. The molecular weight excluding hydrogens is 338 g/mol. The van der Waals surface area contributed by atoms with Crippen molar-refractivity contribution < 1.29 is 14.2 Å². The first-order valence-corrected chi connectivity index (χ1v) is 8.27. The van der Waals surface area contributed by atoms with E-state index in [9.17, 15) is 5.26 Å². The molecule has 4 nitrogen and oxygen atoms in total. The van der Waals surface area contributed by atoms with Crippen molar-refractivity contribution in [2.75, 3.05) is 20.8 Å². The fourth-order valence-corrected chi connectivity index (χ4v) is 2.50. The van der Waals surface area contributed by atoms with Gasteiger partial charge in [-0.2, -0.15) is 5.26 Å². The van der Waals surface area contributed by atoms with E-state index in [0.29, 0.717) is 34.5 Å². The Hall–Kier alpha value is -2.64. The molecule has 0 bridgehead atoms. The summed E-state index contributed by atoms with van der Waals surface area (Å²) in [6.45, 7) is 2.64. The number of allylic oxidation sites excluding steroid dienone is 1. The SMILES string of the molecule is CCCOc1ccc(Cl)cc1/C=C(\C#N)c1ccc(OC)c(OC)c1. The highest BCUT2D eigenvalue weighted by Crippen LogP contribution is 2.32. The molecule has 0 aliphatic heterocycles. The second kappa shape index (κ2) is 9.00. The molecule has 130 valence electrons. The molecule has 5 heteroatoms. The number of hydrogen-bond acceptors (Lipinski definition) is 4. The van der Waals surface area contributed by atoms with E-state index in [0.717, 1.165) is 17.5 Å². The lowest BCUT2D eigenvalue weighted by atomic mass is 10.0. The van der Waals surface area contributed by atoms with Crippen molar-refractivity contribution in [1.29, 1.82) is 5.26 Å². The molecule has 2 aromatic carbocycles. The van der Waals surface area contributed by atoms with Crippen LogP contribution in [0, 0.1) is 11.3 Å². The molecule has 0 fully saturated rings. The monoisotopic (exact) mass is 357 g/mol. The van der Waals surface area contributed by atoms with Crippen LogP contribution in [0.25, 0.3) is 11.6 Å². The molecule has 0 saturated heterocycles. The zero-order chi connectivity index (χ0) is 18.2. The van der Waals surface area contributed by atoms with Crippen LogP contribution in [0.2, 0.25) is 5.02 Å². The van der Waals surface area contributed by atoms with Crippen molar-refractivity contribution in [1.82, 2.24) is 0 Å². The molecular formula is C20H20ClNO3. The first-order valence-electron chi connectivity index (χ1n) is 7.89. The van der Waals surface area contributed by atoms with E-state index < -0.39 is 0 Å². The third-order valence-electron chi connectivity index (χ3n) is 3.55. The first kappa shape index (κ1) is 18.7. The van der Waals surface area contributed by atoms with Gasteiger partial charge in [0.15, 0.2) is 11.5 Å². The Kier molecular flexibility index (Phi) is 6.73. The summed E-state index contributed by atoms with van der Waals surface area (Å²) in [4.78, 5) is 0. The molecule has 0 aliphatic carbocycles. The third kappa shape index (κ3) is 4.68. The van der Waals surface area contributed by atoms with Gasteiger partial charge in [-0.25, -0.2) is 0 Å². The minimum atomic E-state index is 0.476. The number of hydrogen-bond donors (Lipinski definition) is 0. The van der Waals surface area contributed by atoms with Gasteiger partial charge in [0.1, 0.15) is 5.75 Å². The summed E-state index contributed by atoms with van der Waals surface area (Å²) in [6.07, 6.45) is 2.66. The molecule has 0 radical (unpaired) electrons. The second-order valence-corrected chi connectivity index (χ2v) is 5.71. The van der Waals surface area contributed by atoms with Gasteiger partial charge in [0.05, 0.1) is 32.5 Å². The normalized spacial score (nSPS) is 10.9. The van der Waals surface area contributed by atoms with E-state index in [1.807, 2.05) is 19.1 Å². The fourth-order valence-electron chi connectivity index (χ4n) is 2.31. The topological polar surface area (TPSA) is 51.5 Å². The average Bonchev–Trinajstić information content (AvgIpc) is 2.64. The van der Waals surface area contributed by atoms with Gasteiger partial charge in [-0.05, 0) is 54.5 Å². The second-order valence-electron chi connectivity index (χ2n) is 5.27. The zero-order valence-electron chi connectivity index (χ0n) is 14.5. The van der Waals surface area contributed by atoms with Crippen molar-refractivity contribution in [2.45, 2.75) is 13.3 Å². The predicted octanol–water partition coefficient (Wildman–Crippen LogP) is 5.21. The van der Waals surface area contributed by atoms with Crippen molar-refractivity contribution in [3.63, 3.8) is 0 Å². The first-order chi connectivity index (χ1) is 12.1. The number of nitrogens with zero attached hydrogens (tertiary/aromatic N) is 1. The molecule has 25 heavy (non-hydrogen) atoms. The molecule has 0 aromatic heterocycles. The number of ether oxygens (including phenoxy) is 3. The van der Waals surface area contributed by atoms with E-state index >= 15 is 0 Å². The van der Waals surface area contributed by atoms with Gasteiger partial charge in [0.25, 0.3) is 0 Å². The predicted molar refractivity (Wildman–Crippen MR) is 100 cm³/mol. The van der Waals surface area contributed by atoms with Gasteiger partial charge in [-0.3, -0.25) is 0 Å². The molecule has 0 spiro atoms. The molecule has 0 atom stereocenters. The number of halogens is 1. The van der Waals surface area contributed by atoms with Gasteiger partial charge in [0.2, 0.25) is 0 Å². The van der Waals surface area contributed by atoms with Crippen molar-refractivity contribution in [3.05, 3.63) is 52.5 Å². The number of methoxy groups -OCH3 is 2. The van der Waals surface area contributed by atoms with Gasteiger partial charge >= 0.3 is 0 Å². The molecule has 0 aliphatic rings. The minimum absolute atomic E-state index is 0.476. The Morgan fingerprint density at radius 2 is 1.80 bits per heavy atom. The van der Waals surface area contributed by atoms with Crippen LogP contribution < -0.4 is 14.2 Å². The minimum Gasteiger partial charge on any atom is -0.493 e. The number of nitriles is 1. The highest BCUT2D eigenvalue weighted by atomic mass is 35.5. The lowest BCUT2D eigenvalue weighted by Gasteiger charge is -2.11. The summed E-state index contributed by atoms with van der Waals surface area (Å²) in [5.74, 6) is 1.87. The Bertz CT molecular complexity index is 809. The van der Waals surface area contributed by atoms with Crippen LogP contribution in [0.5, 0.6) is 17.2 Å². The van der Waals surface area contributed by atoms with Crippen LogP contribution in [-0.2, 0) is 0 Å². The van der Waals surface area contributed by atoms with Gasteiger partial charge in [-0.1, -0.05) is 18.5 Å². The maximum Gasteiger partial charge on any atom is 0.161 e. The quantitative estimate of drug-likeness (QED) is 0.504. The molecule has 0 amide bonds. The van der Waals surface area contributed by atoms with E-state index in [4.69, 9.17) is 25.8 Å².